The predicted molar refractivity (Wildman–Crippen MR) is 106 cm³/mol. The molecule has 0 bridgehead atoms. The maximum absolute atomic E-state index is 12.5. The van der Waals surface area contributed by atoms with Crippen molar-refractivity contribution < 1.29 is 4.79 Å². The van der Waals surface area contributed by atoms with Gasteiger partial charge in [0.25, 0.3) is 5.91 Å². The van der Waals surface area contributed by atoms with E-state index >= 15 is 0 Å². The van der Waals surface area contributed by atoms with E-state index in [-0.39, 0.29) is 11.9 Å². The molecule has 132 valence electrons. The number of anilines is 2. The van der Waals surface area contributed by atoms with E-state index in [0.717, 1.165) is 17.8 Å². The van der Waals surface area contributed by atoms with Gasteiger partial charge in [0.15, 0.2) is 0 Å². The van der Waals surface area contributed by atoms with E-state index < -0.39 is 0 Å². The quantitative estimate of drug-likeness (QED) is 0.656. The number of benzene rings is 2. The molecule has 0 aliphatic carbocycles. The molecule has 2 N–H and O–H groups in total. The molecule has 3 aromatic rings. The predicted octanol–water partition coefficient (Wildman–Crippen LogP) is 5.07. The third-order valence-electron chi connectivity index (χ3n) is 4.30. The van der Waals surface area contributed by atoms with Crippen molar-refractivity contribution in [3.8, 4) is 0 Å². The number of pyridine rings is 1. The highest BCUT2D eigenvalue weighted by molar-refractivity contribution is 6.04. The first-order valence-corrected chi connectivity index (χ1v) is 8.82. The lowest BCUT2D eigenvalue weighted by Gasteiger charge is -2.16. The van der Waals surface area contributed by atoms with Crippen molar-refractivity contribution in [2.45, 2.75) is 26.3 Å². The van der Waals surface area contributed by atoms with Gasteiger partial charge >= 0.3 is 0 Å². The second-order valence-electron chi connectivity index (χ2n) is 6.24. The van der Waals surface area contributed by atoms with Crippen LogP contribution in [-0.2, 0) is 6.42 Å². The molecular formula is C22H23N3O. The maximum Gasteiger partial charge on any atom is 0.257 e. The minimum absolute atomic E-state index is 0.123. The molecule has 4 heteroatoms. The number of carbonyl (C=O) groups excluding carboxylic acids is 1. The Morgan fingerprint density at radius 1 is 1.00 bits per heavy atom. The van der Waals surface area contributed by atoms with Gasteiger partial charge < -0.3 is 10.6 Å². The molecule has 0 saturated heterocycles. The lowest BCUT2D eigenvalue weighted by molar-refractivity contribution is 0.102. The normalized spacial score (nSPS) is 11.6. The molecule has 26 heavy (non-hydrogen) atoms. The molecule has 1 aromatic heterocycles. The third-order valence-corrected chi connectivity index (χ3v) is 4.30. The van der Waals surface area contributed by atoms with Crippen LogP contribution in [0.1, 0.15) is 41.4 Å². The lowest BCUT2D eigenvalue weighted by atomic mass is 10.1. The van der Waals surface area contributed by atoms with Crippen LogP contribution in [0.4, 0.5) is 11.4 Å². The Morgan fingerprint density at radius 3 is 2.42 bits per heavy atom. The molecule has 1 atom stereocenters. The van der Waals surface area contributed by atoms with Gasteiger partial charge in [0.2, 0.25) is 0 Å². The zero-order valence-corrected chi connectivity index (χ0v) is 15.1. The van der Waals surface area contributed by atoms with Crippen LogP contribution in [0.2, 0.25) is 0 Å². The van der Waals surface area contributed by atoms with Crippen LogP contribution in [0.3, 0.4) is 0 Å². The zero-order valence-electron chi connectivity index (χ0n) is 15.1. The number of aromatic nitrogens is 1. The topological polar surface area (TPSA) is 54.0 Å². The van der Waals surface area contributed by atoms with Crippen molar-refractivity contribution in [3.63, 3.8) is 0 Å². The maximum atomic E-state index is 12.5. The van der Waals surface area contributed by atoms with Gasteiger partial charge in [-0.05, 0) is 42.7 Å². The Labute approximate surface area is 154 Å². The number of hydrogen-bond donors (Lipinski definition) is 2. The molecule has 1 amide bonds. The van der Waals surface area contributed by atoms with E-state index in [0.29, 0.717) is 5.56 Å². The Morgan fingerprint density at radius 2 is 1.73 bits per heavy atom. The van der Waals surface area contributed by atoms with E-state index in [1.54, 1.807) is 12.4 Å². The van der Waals surface area contributed by atoms with Gasteiger partial charge in [-0.25, -0.2) is 0 Å². The number of amides is 1. The Hall–Kier alpha value is -3.14. The summed E-state index contributed by atoms with van der Waals surface area (Å²) in [5.41, 5.74) is 4.54. The van der Waals surface area contributed by atoms with Crippen LogP contribution >= 0.6 is 0 Å². The van der Waals surface area contributed by atoms with Crippen LogP contribution < -0.4 is 10.6 Å². The van der Waals surface area contributed by atoms with Gasteiger partial charge in [0.1, 0.15) is 0 Å². The summed E-state index contributed by atoms with van der Waals surface area (Å²) in [6.45, 7) is 4.19. The molecule has 1 unspecified atom stereocenters. The van der Waals surface area contributed by atoms with Crippen molar-refractivity contribution in [1.82, 2.24) is 4.98 Å². The molecule has 4 nitrogen and oxygen atoms in total. The molecule has 0 spiro atoms. The number of nitrogens with zero attached hydrogens (tertiary/aromatic N) is 1. The van der Waals surface area contributed by atoms with E-state index in [2.05, 4.69) is 41.6 Å². The summed E-state index contributed by atoms with van der Waals surface area (Å²) in [7, 11) is 0. The number of carbonyl (C=O) groups is 1. The van der Waals surface area contributed by atoms with E-state index in [9.17, 15) is 4.79 Å². The smallest absolute Gasteiger partial charge is 0.257 e. The van der Waals surface area contributed by atoms with Crippen LogP contribution in [0.25, 0.3) is 0 Å². The first-order chi connectivity index (χ1) is 12.7. The summed E-state index contributed by atoms with van der Waals surface area (Å²) >= 11 is 0. The Kier molecular flexibility index (Phi) is 5.64. The van der Waals surface area contributed by atoms with E-state index in [4.69, 9.17) is 0 Å². The average molecular weight is 345 g/mol. The number of rotatable bonds is 6. The highest BCUT2D eigenvalue weighted by Crippen LogP contribution is 2.19. The fraction of sp³-hybridized carbons (Fsp3) is 0.182. The number of nitrogens with one attached hydrogen (secondary N) is 2. The SMILES string of the molecule is CCc1ccc(NC(=O)c2cncc(NC(C)c3ccccc3)c2)cc1. The molecule has 1 heterocycles. The minimum atomic E-state index is -0.169. The van der Waals surface area contributed by atoms with Gasteiger partial charge in [0.05, 0.1) is 11.3 Å². The average Bonchev–Trinajstić information content (AvgIpc) is 2.69. The van der Waals surface area contributed by atoms with E-state index in [1.807, 2.05) is 48.5 Å². The van der Waals surface area contributed by atoms with Crippen molar-refractivity contribution in [2.24, 2.45) is 0 Å². The van der Waals surface area contributed by atoms with Gasteiger partial charge in [-0.3, -0.25) is 9.78 Å². The molecule has 0 saturated carbocycles. The first kappa shape index (κ1) is 17.7. The van der Waals surface area contributed by atoms with Gasteiger partial charge in [-0.1, -0.05) is 49.4 Å². The molecule has 0 aliphatic heterocycles. The summed E-state index contributed by atoms with van der Waals surface area (Å²) in [6, 6.07) is 20.0. The molecule has 0 aliphatic rings. The van der Waals surface area contributed by atoms with Crippen LogP contribution in [-0.4, -0.2) is 10.9 Å². The van der Waals surface area contributed by atoms with Crippen LogP contribution in [0.15, 0.2) is 73.1 Å². The molecule has 0 radical (unpaired) electrons. The Bertz CT molecular complexity index is 860. The molecular weight excluding hydrogens is 322 g/mol. The van der Waals surface area contributed by atoms with E-state index in [1.165, 1.54) is 11.1 Å². The Balaban J connectivity index is 1.68. The van der Waals surface area contributed by atoms with Crippen LogP contribution in [0.5, 0.6) is 0 Å². The van der Waals surface area contributed by atoms with Gasteiger partial charge in [-0.15, -0.1) is 0 Å². The number of hydrogen-bond acceptors (Lipinski definition) is 3. The number of aryl methyl sites for hydroxylation is 1. The standard InChI is InChI=1S/C22H23N3O/c1-3-17-9-11-20(12-10-17)25-22(26)19-13-21(15-23-14-19)24-16(2)18-7-5-4-6-8-18/h4-16,24H,3H2,1-2H3,(H,25,26). The highest BCUT2D eigenvalue weighted by Gasteiger charge is 2.10. The summed E-state index contributed by atoms with van der Waals surface area (Å²) in [6.07, 6.45) is 4.28. The van der Waals surface area contributed by atoms with Crippen molar-refractivity contribution >= 4 is 17.3 Å². The monoisotopic (exact) mass is 345 g/mol. The highest BCUT2D eigenvalue weighted by atomic mass is 16.1. The largest absolute Gasteiger partial charge is 0.377 e. The van der Waals surface area contributed by atoms with Crippen LogP contribution in [0, 0.1) is 0 Å². The summed E-state index contributed by atoms with van der Waals surface area (Å²) in [5.74, 6) is -0.169. The first-order valence-electron chi connectivity index (χ1n) is 8.82. The lowest BCUT2D eigenvalue weighted by Crippen LogP contribution is -2.13. The summed E-state index contributed by atoms with van der Waals surface area (Å²) in [5, 5.41) is 6.30. The summed E-state index contributed by atoms with van der Waals surface area (Å²) in [4.78, 5) is 16.7. The summed E-state index contributed by atoms with van der Waals surface area (Å²) < 4.78 is 0. The van der Waals surface area contributed by atoms with Gasteiger partial charge in [0, 0.05) is 24.1 Å². The molecule has 0 fully saturated rings. The molecule has 2 aromatic carbocycles. The van der Waals surface area contributed by atoms with Crippen molar-refractivity contribution in [1.29, 1.82) is 0 Å². The van der Waals surface area contributed by atoms with Crippen molar-refractivity contribution in [2.75, 3.05) is 10.6 Å². The second kappa shape index (κ2) is 8.30. The van der Waals surface area contributed by atoms with Gasteiger partial charge in [-0.2, -0.15) is 0 Å². The molecule has 3 rings (SSSR count). The van der Waals surface area contributed by atoms with Crippen molar-refractivity contribution in [3.05, 3.63) is 89.7 Å². The second-order valence-corrected chi connectivity index (χ2v) is 6.24. The fourth-order valence-corrected chi connectivity index (χ4v) is 2.75. The fourth-order valence-electron chi connectivity index (χ4n) is 2.75. The third kappa shape index (κ3) is 4.48. The zero-order chi connectivity index (χ0) is 18.4. The minimum Gasteiger partial charge on any atom is -0.377 e.